The summed E-state index contributed by atoms with van der Waals surface area (Å²) in [5.41, 5.74) is 1.63. The summed E-state index contributed by atoms with van der Waals surface area (Å²) in [7, 11) is 1.41. The lowest BCUT2D eigenvalue weighted by atomic mass is 10.1. The SMILES string of the molecule is COc1ccc([C@@H](C)NC(=O)/C=C/c2ccccc2)cc1F. The van der Waals surface area contributed by atoms with Gasteiger partial charge in [-0.1, -0.05) is 36.4 Å². The number of methoxy groups -OCH3 is 1. The number of hydrogen-bond acceptors (Lipinski definition) is 2. The second kappa shape index (κ2) is 7.41. The van der Waals surface area contributed by atoms with E-state index >= 15 is 0 Å². The molecule has 22 heavy (non-hydrogen) atoms. The number of ether oxygens (including phenoxy) is 1. The van der Waals surface area contributed by atoms with Gasteiger partial charge in [-0.3, -0.25) is 4.79 Å². The molecule has 3 nitrogen and oxygen atoms in total. The standard InChI is InChI=1S/C18H18FNO2/c1-13(15-9-10-17(22-2)16(19)12-15)20-18(21)11-8-14-6-4-3-5-7-14/h3-13H,1-2H3,(H,20,21)/b11-8+/t13-/m1/s1. The minimum atomic E-state index is -0.444. The zero-order chi connectivity index (χ0) is 15.9. The van der Waals surface area contributed by atoms with Gasteiger partial charge in [-0.2, -0.15) is 0 Å². The lowest BCUT2D eigenvalue weighted by Gasteiger charge is -2.14. The molecule has 0 fully saturated rings. The van der Waals surface area contributed by atoms with Gasteiger partial charge in [0, 0.05) is 6.08 Å². The first-order valence-corrected chi connectivity index (χ1v) is 6.97. The van der Waals surface area contributed by atoms with Crippen molar-refractivity contribution in [3.05, 3.63) is 71.6 Å². The summed E-state index contributed by atoms with van der Waals surface area (Å²) in [6, 6.07) is 13.9. The molecule has 1 atom stereocenters. The second-order valence-corrected chi connectivity index (χ2v) is 4.87. The van der Waals surface area contributed by atoms with Gasteiger partial charge >= 0.3 is 0 Å². The quantitative estimate of drug-likeness (QED) is 0.854. The van der Waals surface area contributed by atoms with Gasteiger partial charge in [0.2, 0.25) is 5.91 Å². The highest BCUT2D eigenvalue weighted by atomic mass is 19.1. The Hall–Kier alpha value is -2.62. The maximum absolute atomic E-state index is 13.7. The van der Waals surface area contributed by atoms with Crippen molar-refractivity contribution in [3.63, 3.8) is 0 Å². The minimum Gasteiger partial charge on any atom is -0.494 e. The van der Waals surface area contributed by atoms with E-state index in [9.17, 15) is 9.18 Å². The average Bonchev–Trinajstić information content (AvgIpc) is 2.53. The summed E-state index contributed by atoms with van der Waals surface area (Å²) in [5.74, 6) is -0.486. The van der Waals surface area contributed by atoms with Crippen LogP contribution in [0.4, 0.5) is 4.39 Å². The van der Waals surface area contributed by atoms with E-state index in [2.05, 4.69) is 5.32 Å². The van der Waals surface area contributed by atoms with Gasteiger partial charge in [-0.15, -0.1) is 0 Å². The Labute approximate surface area is 129 Å². The fourth-order valence-electron chi connectivity index (χ4n) is 2.03. The molecule has 0 aromatic heterocycles. The van der Waals surface area contributed by atoms with Crippen molar-refractivity contribution >= 4 is 12.0 Å². The molecular weight excluding hydrogens is 281 g/mol. The van der Waals surface area contributed by atoms with Crippen molar-refractivity contribution < 1.29 is 13.9 Å². The molecule has 0 aliphatic carbocycles. The summed E-state index contributed by atoms with van der Waals surface area (Å²) in [4.78, 5) is 11.9. The summed E-state index contributed by atoms with van der Waals surface area (Å²) < 4.78 is 18.5. The molecule has 0 bridgehead atoms. The molecule has 0 spiro atoms. The summed E-state index contributed by atoms with van der Waals surface area (Å²) in [6.45, 7) is 1.80. The van der Waals surface area contributed by atoms with Crippen LogP contribution in [0, 0.1) is 5.82 Å². The molecule has 0 aliphatic rings. The predicted molar refractivity (Wildman–Crippen MR) is 85.0 cm³/mol. The topological polar surface area (TPSA) is 38.3 Å². The minimum absolute atomic E-state index is 0.186. The van der Waals surface area contributed by atoms with Gasteiger partial charge in [0.05, 0.1) is 13.2 Å². The number of benzene rings is 2. The van der Waals surface area contributed by atoms with Gasteiger partial charge < -0.3 is 10.1 Å². The number of rotatable bonds is 5. The van der Waals surface area contributed by atoms with E-state index in [1.54, 1.807) is 25.1 Å². The van der Waals surface area contributed by atoms with Crippen molar-refractivity contribution in [1.82, 2.24) is 5.32 Å². The van der Waals surface area contributed by atoms with E-state index in [4.69, 9.17) is 4.74 Å². The Balaban J connectivity index is 1.99. The fourth-order valence-corrected chi connectivity index (χ4v) is 2.03. The Bertz CT molecular complexity index is 668. The van der Waals surface area contributed by atoms with Crippen LogP contribution in [-0.4, -0.2) is 13.0 Å². The van der Waals surface area contributed by atoms with Crippen molar-refractivity contribution in [1.29, 1.82) is 0 Å². The van der Waals surface area contributed by atoms with Crippen molar-refractivity contribution in [3.8, 4) is 5.75 Å². The molecule has 0 radical (unpaired) electrons. The van der Waals surface area contributed by atoms with E-state index in [1.165, 1.54) is 19.3 Å². The van der Waals surface area contributed by atoms with Gasteiger partial charge in [-0.05, 0) is 36.3 Å². The van der Waals surface area contributed by atoms with Crippen LogP contribution >= 0.6 is 0 Å². The van der Waals surface area contributed by atoms with Crippen molar-refractivity contribution in [2.45, 2.75) is 13.0 Å². The molecule has 1 N–H and O–H groups in total. The highest BCUT2D eigenvalue weighted by molar-refractivity contribution is 5.91. The summed E-state index contributed by atoms with van der Waals surface area (Å²) in [5, 5.41) is 2.80. The van der Waals surface area contributed by atoms with Crippen molar-refractivity contribution in [2.75, 3.05) is 7.11 Å². The van der Waals surface area contributed by atoms with Crippen LogP contribution in [-0.2, 0) is 4.79 Å². The zero-order valence-electron chi connectivity index (χ0n) is 12.5. The monoisotopic (exact) mass is 299 g/mol. The fraction of sp³-hybridized carbons (Fsp3) is 0.167. The third-order valence-electron chi connectivity index (χ3n) is 3.26. The van der Waals surface area contributed by atoms with Crippen LogP contribution in [0.1, 0.15) is 24.1 Å². The van der Waals surface area contributed by atoms with Crippen LogP contribution in [0.25, 0.3) is 6.08 Å². The third-order valence-corrected chi connectivity index (χ3v) is 3.26. The smallest absolute Gasteiger partial charge is 0.244 e. The highest BCUT2D eigenvalue weighted by Crippen LogP contribution is 2.21. The molecule has 2 aromatic rings. The normalized spacial score (nSPS) is 12.1. The number of amides is 1. The predicted octanol–water partition coefficient (Wildman–Crippen LogP) is 3.72. The van der Waals surface area contributed by atoms with E-state index in [1.807, 2.05) is 30.3 Å². The molecule has 0 unspecified atom stereocenters. The maximum Gasteiger partial charge on any atom is 0.244 e. The van der Waals surface area contributed by atoms with Crippen LogP contribution in [0.2, 0.25) is 0 Å². The molecule has 0 saturated carbocycles. The lowest BCUT2D eigenvalue weighted by Crippen LogP contribution is -2.24. The number of carbonyl (C=O) groups is 1. The second-order valence-electron chi connectivity index (χ2n) is 4.87. The highest BCUT2D eigenvalue weighted by Gasteiger charge is 2.10. The first kappa shape index (κ1) is 15.8. The van der Waals surface area contributed by atoms with Crippen LogP contribution < -0.4 is 10.1 Å². The zero-order valence-corrected chi connectivity index (χ0v) is 12.5. The molecular formula is C18H18FNO2. The maximum atomic E-state index is 13.7. The Kier molecular flexibility index (Phi) is 5.31. The van der Waals surface area contributed by atoms with Crippen molar-refractivity contribution in [2.24, 2.45) is 0 Å². The Morgan fingerprint density at radius 3 is 2.59 bits per heavy atom. The number of halogens is 1. The van der Waals surface area contributed by atoms with E-state index in [0.29, 0.717) is 5.56 Å². The first-order valence-electron chi connectivity index (χ1n) is 6.97. The van der Waals surface area contributed by atoms with E-state index in [0.717, 1.165) is 5.56 Å². The molecule has 1 amide bonds. The molecule has 2 rings (SSSR count). The molecule has 0 heterocycles. The molecule has 2 aromatic carbocycles. The van der Waals surface area contributed by atoms with Gasteiger partial charge in [0.15, 0.2) is 11.6 Å². The van der Waals surface area contributed by atoms with E-state index < -0.39 is 5.82 Å². The lowest BCUT2D eigenvalue weighted by molar-refractivity contribution is -0.117. The Morgan fingerprint density at radius 2 is 1.95 bits per heavy atom. The number of carbonyl (C=O) groups excluding carboxylic acids is 1. The van der Waals surface area contributed by atoms with Gasteiger partial charge in [0.25, 0.3) is 0 Å². The Morgan fingerprint density at radius 1 is 1.23 bits per heavy atom. The third kappa shape index (κ3) is 4.19. The van der Waals surface area contributed by atoms with Crippen LogP contribution in [0.3, 0.4) is 0 Å². The van der Waals surface area contributed by atoms with E-state index in [-0.39, 0.29) is 17.7 Å². The first-order chi connectivity index (χ1) is 10.6. The number of hydrogen-bond donors (Lipinski definition) is 1. The molecule has 0 aliphatic heterocycles. The van der Waals surface area contributed by atoms with Gasteiger partial charge in [-0.25, -0.2) is 4.39 Å². The number of nitrogens with one attached hydrogen (secondary N) is 1. The van der Waals surface area contributed by atoms with Gasteiger partial charge in [0.1, 0.15) is 0 Å². The van der Waals surface area contributed by atoms with Crippen LogP contribution in [0.15, 0.2) is 54.6 Å². The molecule has 4 heteroatoms. The summed E-state index contributed by atoms with van der Waals surface area (Å²) >= 11 is 0. The molecule has 0 saturated heterocycles. The summed E-state index contributed by atoms with van der Waals surface area (Å²) in [6.07, 6.45) is 3.20. The largest absolute Gasteiger partial charge is 0.494 e. The average molecular weight is 299 g/mol. The van der Waals surface area contributed by atoms with Crippen LogP contribution in [0.5, 0.6) is 5.75 Å². The molecule has 114 valence electrons.